The second-order valence-electron chi connectivity index (χ2n) is 3.29. The van der Waals surface area contributed by atoms with E-state index in [4.69, 9.17) is 11.6 Å². The van der Waals surface area contributed by atoms with Crippen molar-refractivity contribution >= 4 is 23.1 Å². The molecule has 0 unspecified atom stereocenters. The maximum Gasteiger partial charge on any atom is 0.157 e. The van der Waals surface area contributed by atoms with Crippen LogP contribution in [-0.4, -0.2) is 31.8 Å². The molecule has 7 nitrogen and oxygen atoms in total. The Morgan fingerprint density at radius 3 is 2.76 bits per heavy atom. The second kappa shape index (κ2) is 4.96. The Kier molecular flexibility index (Phi) is 3.38. The van der Waals surface area contributed by atoms with Crippen LogP contribution in [0.1, 0.15) is 5.82 Å². The molecule has 0 spiro atoms. The zero-order valence-electron chi connectivity index (χ0n) is 9.48. The van der Waals surface area contributed by atoms with Crippen LogP contribution in [0.4, 0.5) is 11.5 Å². The minimum absolute atomic E-state index is 0.378. The lowest BCUT2D eigenvalue weighted by Gasteiger charge is -2.10. The fourth-order valence-electron chi connectivity index (χ4n) is 1.36. The van der Waals surface area contributed by atoms with E-state index in [2.05, 4.69) is 30.7 Å². The predicted molar refractivity (Wildman–Crippen MR) is 64.9 cm³/mol. The quantitative estimate of drug-likeness (QED) is 0.789. The molecule has 2 aromatic rings. The van der Waals surface area contributed by atoms with Crippen LogP contribution in [0.25, 0.3) is 0 Å². The molecule has 90 valence electrons. The molecule has 8 heteroatoms. The fourth-order valence-corrected chi connectivity index (χ4v) is 1.59. The summed E-state index contributed by atoms with van der Waals surface area (Å²) in [6.45, 7) is 0.512. The lowest BCUT2D eigenvalue weighted by atomic mass is 10.4. The molecule has 17 heavy (non-hydrogen) atoms. The maximum atomic E-state index is 5.93. The number of hydrogen-bond acceptors (Lipinski definition) is 6. The molecule has 0 aliphatic carbocycles. The predicted octanol–water partition coefficient (Wildman–Crippen LogP) is 0.912. The molecule has 0 amide bonds. The van der Waals surface area contributed by atoms with Crippen LogP contribution < -0.4 is 10.6 Å². The Balaban J connectivity index is 2.14. The summed E-state index contributed by atoms with van der Waals surface area (Å²) in [6.07, 6.45) is 2.91. The number of nitrogens with zero attached hydrogens (tertiary/aromatic N) is 5. The van der Waals surface area contributed by atoms with Crippen LogP contribution in [0.2, 0.25) is 5.15 Å². The lowest BCUT2D eigenvalue weighted by Crippen LogP contribution is -2.09. The van der Waals surface area contributed by atoms with E-state index in [1.165, 1.54) is 12.7 Å². The molecule has 2 N–H and O–H groups in total. The standard InChI is InChI=1S/C9H12ClN7/c1-11-7-8(10)14-4-15-9(7)12-3-6-13-5-16-17(6)2/h4-5,11H,3H2,1-2H3,(H,12,14,15). The molecular formula is C9H12ClN7. The summed E-state index contributed by atoms with van der Waals surface area (Å²) in [5.41, 5.74) is 0.663. The van der Waals surface area contributed by atoms with Gasteiger partial charge in [0.25, 0.3) is 0 Å². The topological polar surface area (TPSA) is 80.6 Å². The first-order valence-electron chi connectivity index (χ1n) is 4.97. The van der Waals surface area contributed by atoms with Crippen molar-refractivity contribution < 1.29 is 0 Å². The van der Waals surface area contributed by atoms with E-state index in [9.17, 15) is 0 Å². The van der Waals surface area contributed by atoms with Crippen molar-refractivity contribution in [1.82, 2.24) is 24.7 Å². The Morgan fingerprint density at radius 2 is 2.12 bits per heavy atom. The smallest absolute Gasteiger partial charge is 0.157 e. The van der Waals surface area contributed by atoms with Crippen molar-refractivity contribution in [2.24, 2.45) is 7.05 Å². The second-order valence-corrected chi connectivity index (χ2v) is 3.65. The molecule has 2 rings (SSSR count). The number of anilines is 2. The summed E-state index contributed by atoms with van der Waals surface area (Å²) in [5, 5.41) is 10.4. The van der Waals surface area contributed by atoms with E-state index in [1.807, 2.05) is 7.05 Å². The molecule has 0 saturated heterocycles. The molecule has 0 radical (unpaired) electrons. The third kappa shape index (κ3) is 2.44. The third-order valence-corrected chi connectivity index (χ3v) is 2.56. The molecule has 2 heterocycles. The average molecular weight is 254 g/mol. The summed E-state index contributed by atoms with van der Waals surface area (Å²) in [4.78, 5) is 12.1. The van der Waals surface area contributed by atoms with E-state index >= 15 is 0 Å². The SMILES string of the molecule is CNc1c(Cl)ncnc1NCc1ncnn1C. The fraction of sp³-hybridized carbons (Fsp3) is 0.333. The van der Waals surface area contributed by atoms with Crippen LogP contribution in [0, 0.1) is 0 Å². The zero-order chi connectivity index (χ0) is 12.3. The van der Waals surface area contributed by atoms with Crippen molar-refractivity contribution in [1.29, 1.82) is 0 Å². The monoisotopic (exact) mass is 253 g/mol. The lowest BCUT2D eigenvalue weighted by molar-refractivity contribution is 0.711. The first kappa shape index (κ1) is 11.6. The summed E-state index contributed by atoms with van der Waals surface area (Å²) < 4.78 is 1.69. The van der Waals surface area contributed by atoms with Crippen LogP contribution in [0.15, 0.2) is 12.7 Å². The number of nitrogens with one attached hydrogen (secondary N) is 2. The number of aromatic nitrogens is 5. The summed E-state index contributed by atoms with van der Waals surface area (Å²) in [5.74, 6) is 1.44. The number of rotatable bonds is 4. The van der Waals surface area contributed by atoms with Gasteiger partial charge in [-0.05, 0) is 0 Å². The van der Waals surface area contributed by atoms with Crippen LogP contribution in [0.3, 0.4) is 0 Å². The van der Waals surface area contributed by atoms with Gasteiger partial charge < -0.3 is 10.6 Å². The highest BCUT2D eigenvalue weighted by molar-refractivity contribution is 6.32. The Hall–Kier alpha value is -1.89. The Labute approximate surface area is 103 Å². The van der Waals surface area contributed by atoms with Gasteiger partial charge in [-0.2, -0.15) is 5.10 Å². The molecule has 0 aromatic carbocycles. The molecule has 0 aliphatic heterocycles. The minimum atomic E-state index is 0.378. The Bertz CT molecular complexity index is 510. The van der Waals surface area contributed by atoms with Crippen molar-refractivity contribution in [3.8, 4) is 0 Å². The van der Waals surface area contributed by atoms with Gasteiger partial charge in [0, 0.05) is 14.1 Å². The summed E-state index contributed by atoms with van der Waals surface area (Å²) >= 11 is 5.93. The van der Waals surface area contributed by atoms with Gasteiger partial charge in [0.05, 0.1) is 6.54 Å². The Morgan fingerprint density at radius 1 is 1.29 bits per heavy atom. The molecule has 0 fully saturated rings. The van der Waals surface area contributed by atoms with Gasteiger partial charge in [-0.1, -0.05) is 11.6 Å². The highest BCUT2D eigenvalue weighted by Crippen LogP contribution is 2.25. The van der Waals surface area contributed by atoms with Gasteiger partial charge in [0.2, 0.25) is 0 Å². The van der Waals surface area contributed by atoms with E-state index < -0.39 is 0 Å². The van der Waals surface area contributed by atoms with Crippen LogP contribution in [-0.2, 0) is 13.6 Å². The first-order chi connectivity index (χ1) is 8.22. The highest BCUT2D eigenvalue weighted by atomic mass is 35.5. The van der Waals surface area contributed by atoms with Crippen molar-refractivity contribution in [3.63, 3.8) is 0 Å². The van der Waals surface area contributed by atoms with Gasteiger partial charge in [-0.15, -0.1) is 0 Å². The molecule has 2 aromatic heterocycles. The number of hydrogen-bond donors (Lipinski definition) is 2. The van der Waals surface area contributed by atoms with Crippen molar-refractivity contribution in [3.05, 3.63) is 23.6 Å². The average Bonchev–Trinajstić information content (AvgIpc) is 2.72. The van der Waals surface area contributed by atoms with Gasteiger partial charge >= 0.3 is 0 Å². The summed E-state index contributed by atoms with van der Waals surface area (Å²) in [7, 11) is 3.59. The number of aryl methyl sites for hydroxylation is 1. The normalized spacial score (nSPS) is 10.3. The third-order valence-electron chi connectivity index (χ3n) is 2.27. The molecule has 0 saturated carbocycles. The summed E-state index contributed by atoms with van der Waals surface area (Å²) in [6, 6.07) is 0. The van der Waals surface area contributed by atoms with Crippen molar-refractivity contribution in [2.45, 2.75) is 6.54 Å². The molecular weight excluding hydrogens is 242 g/mol. The van der Waals surface area contributed by atoms with Gasteiger partial charge in [-0.3, -0.25) is 4.68 Å². The molecule has 0 atom stereocenters. The van der Waals surface area contributed by atoms with Crippen LogP contribution >= 0.6 is 11.6 Å². The van der Waals surface area contributed by atoms with Crippen LogP contribution in [0.5, 0.6) is 0 Å². The van der Waals surface area contributed by atoms with E-state index in [-0.39, 0.29) is 0 Å². The highest BCUT2D eigenvalue weighted by Gasteiger charge is 2.08. The number of halogens is 1. The van der Waals surface area contributed by atoms with E-state index in [0.29, 0.717) is 23.2 Å². The van der Waals surface area contributed by atoms with Crippen molar-refractivity contribution in [2.75, 3.05) is 17.7 Å². The van der Waals surface area contributed by atoms with Gasteiger partial charge in [0.1, 0.15) is 24.2 Å². The van der Waals surface area contributed by atoms with E-state index in [1.54, 1.807) is 11.7 Å². The first-order valence-corrected chi connectivity index (χ1v) is 5.35. The maximum absolute atomic E-state index is 5.93. The van der Waals surface area contributed by atoms with Gasteiger partial charge in [-0.25, -0.2) is 15.0 Å². The molecule has 0 aliphatic rings. The molecule has 0 bridgehead atoms. The minimum Gasteiger partial charge on any atom is -0.383 e. The van der Waals surface area contributed by atoms with E-state index in [0.717, 1.165) is 5.82 Å². The van der Waals surface area contributed by atoms with Gasteiger partial charge in [0.15, 0.2) is 11.0 Å². The largest absolute Gasteiger partial charge is 0.383 e. The zero-order valence-corrected chi connectivity index (χ0v) is 10.2.